The lowest BCUT2D eigenvalue weighted by Crippen LogP contribution is -2.24. The van der Waals surface area contributed by atoms with Crippen LogP contribution >= 0.6 is 7.52 Å². The van der Waals surface area contributed by atoms with E-state index in [9.17, 15) is 4.57 Å². The molecule has 0 spiro atoms. The Labute approximate surface area is 80.0 Å². The second-order valence-electron chi connectivity index (χ2n) is 3.44. The minimum Gasteiger partial charge on any atom is -0.304 e. The average molecular weight is 204 g/mol. The maximum Gasteiger partial charge on any atom is 0.371 e. The quantitative estimate of drug-likeness (QED) is 0.660. The molecule has 13 heavy (non-hydrogen) atoms. The van der Waals surface area contributed by atoms with Gasteiger partial charge in [-0.05, 0) is 34.7 Å². The Morgan fingerprint density at radius 1 is 1.38 bits per heavy atom. The molecule has 0 rings (SSSR count). The topological polar surface area (TPSA) is 53.3 Å². The van der Waals surface area contributed by atoms with Gasteiger partial charge in [0.1, 0.15) is 0 Å². The van der Waals surface area contributed by atoms with E-state index >= 15 is 0 Å². The van der Waals surface area contributed by atoms with E-state index in [-0.39, 0.29) is 12.1 Å². The van der Waals surface area contributed by atoms with Crippen molar-refractivity contribution >= 4 is 7.52 Å². The van der Waals surface area contributed by atoms with Gasteiger partial charge in [-0.2, -0.15) is 5.26 Å². The molecule has 0 saturated heterocycles. The molecule has 0 aromatic rings. The molecule has 0 heterocycles. The maximum absolute atomic E-state index is 11.9. The summed E-state index contributed by atoms with van der Waals surface area (Å²) >= 11 is 0. The van der Waals surface area contributed by atoms with Gasteiger partial charge in [0.05, 0.1) is 6.10 Å². The van der Waals surface area contributed by atoms with Gasteiger partial charge in [0, 0.05) is 6.04 Å². The second-order valence-corrected chi connectivity index (χ2v) is 5.52. The van der Waals surface area contributed by atoms with Crippen LogP contribution in [-0.4, -0.2) is 23.9 Å². The minimum absolute atomic E-state index is 0.0317. The first kappa shape index (κ1) is 12.6. The van der Waals surface area contributed by atoms with Crippen LogP contribution in [0.4, 0.5) is 0 Å². The minimum atomic E-state index is -3.26. The van der Waals surface area contributed by atoms with Gasteiger partial charge >= 0.3 is 7.52 Å². The third-order valence-corrected chi connectivity index (χ3v) is 3.90. The van der Waals surface area contributed by atoms with Crippen LogP contribution in [0.2, 0.25) is 0 Å². The van der Waals surface area contributed by atoms with Crippen molar-refractivity contribution in [3.8, 4) is 5.81 Å². The number of nitriles is 1. The summed E-state index contributed by atoms with van der Waals surface area (Å²) in [5, 5.41) is 8.77. The van der Waals surface area contributed by atoms with Crippen molar-refractivity contribution in [3.05, 3.63) is 0 Å². The van der Waals surface area contributed by atoms with Crippen molar-refractivity contribution in [2.24, 2.45) is 0 Å². The van der Waals surface area contributed by atoms with Crippen LogP contribution in [0.3, 0.4) is 0 Å². The lowest BCUT2D eigenvalue weighted by atomic mass is 10.4. The summed E-state index contributed by atoms with van der Waals surface area (Å²) in [5.41, 5.74) is 0. The van der Waals surface area contributed by atoms with Crippen molar-refractivity contribution < 1.29 is 9.09 Å². The summed E-state index contributed by atoms with van der Waals surface area (Å²) in [5.74, 6) is 1.75. The van der Waals surface area contributed by atoms with Gasteiger partial charge in [0.2, 0.25) is 0 Å². The molecule has 76 valence electrons. The lowest BCUT2D eigenvalue weighted by Gasteiger charge is -2.26. The molecule has 4 nitrogen and oxygen atoms in total. The highest BCUT2D eigenvalue weighted by Gasteiger charge is 2.31. The summed E-state index contributed by atoms with van der Waals surface area (Å²) in [4.78, 5) is 0. The van der Waals surface area contributed by atoms with Crippen LogP contribution in [0, 0.1) is 11.1 Å². The zero-order valence-corrected chi connectivity index (χ0v) is 9.71. The Kier molecular flexibility index (Phi) is 4.63. The van der Waals surface area contributed by atoms with E-state index in [1.165, 1.54) is 4.67 Å². The van der Waals surface area contributed by atoms with E-state index in [0.29, 0.717) is 0 Å². The normalized spacial score (nSPS) is 16.2. The predicted molar refractivity (Wildman–Crippen MR) is 52.3 cm³/mol. The Balaban J connectivity index is 4.66. The van der Waals surface area contributed by atoms with E-state index in [4.69, 9.17) is 9.79 Å². The third-order valence-electron chi connectivity index (χ3n) is 1.64. The zero-order chi connectivity index (χ0) is 10.6. The van der Waals surface area contributed by atoms with Crippen LogP contribution in [-0.2, 0) is 9.09 Å². The van der Waals surface area contributed by atoms with Crippen molar-refractivity contribution in [2.75, 3.05) is 7.05 Å². The van der Waals surface area contributed by atoms with Crippen LogP contribution in [0.15, 0.2) is 0 Å². The second kappa shape index (κ2) is 4.76. The predicted octanol–water partition coefficient (Wildman–Crippen LogP) is 2.43. The summed E-state index contributed by atoms with van der Waals surface area (Å²) in [7, 11) is -1.63. The van der Waals surface area contributed by atoms with Crippen LogP contribution < -0.4 is 0 Å². The van der Waals surface area contributed by atoms with Crippen molar-refractivity contribution in [1.29, 1.82) is 5.26 Å². The van der Waals surface area contributed by atoms with Crippen LogP contribution in [0.1, 0.15) is 27.7 Å². The highest BCUT2D eigenvalue weighted by molar-refractivity contribution is 7.61. The maximum atomic E-state index is 11.9. The fourth-order valence-corrected chi connectivity index (χ4v) is 2.27. The number of rotatable bonds is 4. The smallest absolute Gasteiger partial charge is 0.304 e. The van der Waals surface area contributed by atoms with E-state index in [1.807, 2.05) is 13.8 Å². The number of hydrogen-bond donors (Lipinski definition) is 0. The SMILES string of the molecule is CC(C)OP(=O)(C#N)N(C)C(C)C. The van der Waals surface area contributed by atoms with Crippen molar-refractivity contribution in [1.82, 2.24) is 4.67 Å². The first-order chi connectivity index (χ1) is 5.83. The van der Waals surface area contributed by atoms with Crippen LogP contribution in [0.5, 0.6) is 0 Å². The number of hydrogen-bond acceptors (Lipinski definition) is 3. The molecule has 1 unspecified atom stereocenters. The largest absolute Gasteiger partial charge is 0.371 e. The Morgan fingerprint density at radius 2 is 1.85 bits per heavy atom. The molecule has 0 aliphatic rings. The van der Waals surface area contributed by atoms with Crippen LogP contribution in [0.25, 0.3) is 0 Å². The monoisotopic (exact) mass is 204 g/mol. The highest BCUT2D eigenvalue weighted by atomic mass is 31.2. The summed E-state index contributed by atoms with van der Waals surface area (Å²) < 4.78 is 18.5. The van der Waals surface area contributed by atoms with Gasteiger partial charge in [-0.1, -0.05) is 0 Å². The molecule has 5 heteroatoms. The van der Waals surface area contributed by atoms with Gasteiger partial charge in [0.25, 0.3) is 0 Å². The fraction of sp³-hybridized carbons (Fsp3) is 0.875. The van der Waals surface area contributed by atoms with Gasteiger partial charge in [-0.15, -0.1) is 0 Å². The van der Waals surface area contributed by atoms with Crippen molar-refractivity contribution in [2.45, 2.75) is 39.8 Å². The molecule has 0 aliphatic heterocycles. The molecule has 0 aromatic heterocycles. The molecule has 0 bridgehead atoms. The molecule has 0 radical (unpaired) electrons. The Bertz CT molecular complexity index is 245. The summed E-state index contributed by atoms with van der Waals surface area (Å²) in [6.45, 7) is 7.26. The Hall–Kier alpha value is -0.360. The number of nitrogens with zero attached hydrogens (tertiary/aromatic N) is 2. The molecule has 0 N–H and O–H groups in total. The summed E-state index contributed by atoms with van der Waals surface area (Å²) in [6.07, 6.45) is -0.202. The van der Waals surface area contributed by atoms with Gasteiger partial charge < -0.3 is 4.52 Å². The molecule has 1 atom stereocenters. The molecular formula is C8H17N2O2P. The van der Waals surface area contributed by atoms with E-state index in [2.05, 4.69) is 0 Å². The molecule has 0 aliphatic carbocycles. The summed E-state index contributed by atoms with van der Waals surface area (Å²) in [6, 6.07) is 0.0317. The zero-order valence-electron chi connectivity index (χ0n) is 8.81. The van der Waals surface area contributed by atoms with Gasteiger partial charge in [-0.3, -0.25) is 4.57 Å². The first-order valence-electron chi connectivity index (χ1n) is 4.26. The lowest BCUT2D eigenvalue weighted by molar-refractivity contribution is 0.214. The fourth-order valence-electron chi connectivity index (χ4n) is 0.758. The van der Waals surface area contributed by atoms with E-state index in [0.717, 1.165) is 0 Å². The standard InChI is InChI=1S/C8H17N2O2P/c1-7(2)10(5)13(11,6-9)12-8(3)4/h7-8H,1-5H3. The van der Waals surface area contributed by atoms with E-state index in [1.54, 1.807) is 26.7 Å². The molecule has 0 amide bonds. The van der Waals surface area contributed by atoms with E-state index < -0.39 is 7.52 Å². The van der Waals surface area contributed by atoms with Crippen molar-refractivity contribution in [3.63, 3.8) is 0 Å². The molecule has 0 fully saturated rings. The molecular weight excluding hydrogens is 187 g/mol. The highest BCUT2D eigenvalue weighted by Crippen LogP contribution is 2.50. The molecule has 0 saturated carbocycles. The molecule has 0 aromatic carbocycles. The average Bonchev–Trinajstić information content (AvgIpc) is 2.01. The first-order valence-corrected chi connectivity index (χ1v) is 5.84. The van der Waals surface area contributed by atoms with Gasteiger partial charge in [0.15, 0.2) is 5.81 Å². The van der Waals surface area contributed by atoms with Gasteiger partial charge in [-0.25, -0.2) is 4.67 Å². The Morgan fingerprint density at radius 3 is 2.08 bits per heavy atom. The third kappa shape index (κ3) is 3.48.